The van der Waals surface area contributed by atoms with E-state index in [1.807, 2.05) is 18.2 Å². The Labute approximate surface area is 162 Å². The zero-order chi connectivity index (χ0) is 19.0. The lowest BCUT2D eigenvalue weighted by Gasteiger charge is -2.21. The number of halogens is 1. The molecule has 0 N–H and O–H groups in total. The van der Waals surface area contributed by atoms with E-state index in [1.54, 1.807) is 23.1 Å². The molecule has 0 aliphatic carbocycles. The van der Waals surface area contributed by atoms with Crippen molar-refractivity contribution in [3.63, 3.8) is 0 Å². The molecule has 0 unspecified atom stereocenters. The van der Waals surface area contributed by atoms with Crippen LogP contribution in [0, 0.1) is 0 Å². The highest BCUT2D eigenvalue weighted by atomic mass is 35.5. The molecule has 1 atom stereocenters. The van der Waals surface area contributed by atoms with Gasteiger partial charge in [0.15, 0.2) is 17.2 Å². The first-order valence-corrected chi connectivity index (χ1v) is 9.41. The van der Waals surface area contributed by atoms with Crippen molar-refractivity contribution in [3.8, 4) is 11.3 Å². The van der Waals surface area contributed by atoms with E-state index in [4.69, 9.17) is 20.6 Å². The summed E-state index contributed by atoms with van der Waals surface area (Å²) < 4.78 is 10.9. The van der Waals surface area contributed by atoms with Crippen LogP contribution in [0.4, 0.5) is 0 Å². The molecule has 0 saturated carbocycles. The van der Waals surface area contributed by atoms with Gasteiger partial charge in [-0.2, -0.15) is 0 Å². The van der Waals surface area contributed by atoms with Crippen molar-refractivity contribution < 1.29 is 13.8 Å². The van der Waals surface area contributed by atoms with Gasteiger partial charge >= 0.3 is 0 Å². The van der Waals surface area contributed by atoms with Crippen LogP contribution in [-0.2, 0) is 0 Å². The first kappa shape index (κ1) is 17.8. The van der Waals surface area contributed by atoms with E-state index < -0.39 is 0 Å². The molecule has 1 aromatic carbocycles. The zero-order valence-electron chi connectivity index (χ0n) is 15.2. The summed E-state index contributed by atoms with van der Waals surface area (Å²) in [5, 5.41) is 8.74. The lowest BCUT2D eigenvalue weighted by atomic mass is 10.1. The minimum absolute atomic E-state index is 0.117. The fourth-order valence-corrected chi connectivity index (χ4v) is 3.44. The number of nitrogens with zero attached hydrogens (tertiary/aromatic N) is 3. The predicted molar refractivity (Wildman–Crippen MR) is 101 cm³/mol. The summed E-state index contributed by atoms with van der Waals surface area (Å²) in [6.07, 6.45) is 1.76. The maximum atomic E-state index is 13.0. The summed E-state index contributed by atoms with van der Waals surface area (Å²) in [6.45, 7) is 4.78. The number of likely N-dealkylation sites (tertiary alicyclic amines) is 1. The highest BCUT2D eigenvalue weighted by Crippen LogP contribution is 2.34. The molecule has 7 heteroatoms. The number of amides is 1. The molecule has 6 nitrogen and oxygen atoms in total. The second kappa shape index (κ2) is 7.19. The third kappa shape index (κ3) is 3.49. The van der Waals surface area contributed by atoms with Crippen LogP contribution in [0.5, 0.6) is 0 Å². The third-order valence-electron chi connectivity index (χ3n) is 4.84. The van der Waals surface area contributed by atoms with E-state index in [-0.39, 0.29) is 23.6 Å². The molecule has 3 heterocycles. The molecule has 3 aromatic rings. The molecule has 1 fully saturated rings. The molecule has 0 radical (unpaired) electrons. The molecule has 1 saturated heterocycles. The normalized spacial score (nSPS) is 17.0. The fraction of sp³-hybridized carbons (Fsp3) is 0.350. The molecule has 2 aromatic heterocycles. The van der Waals surface area contributed by atoms with Gasteiger partial charge in [-0.3, -0.25) is 4.79 Å². The number of benzene rings is 1. The van der Waals surface area contributed by atoms with E-state index in [2.05, 4.69) is 24.2 Å². The van der Waals surface area contributed by atoms with Crippen molar-refractivity contribution >= 4 is 17.5 Å². The van der Waals surface area contributed by atoms with E-state index in [0.717, 1.165) is 29.9 Å². The smallest absolute Gasteiger partial charge is 0.276 e. The van der Waals surface area contributed by atoms with Gasteiger partial charge in [0.2, 0.25) is 0 Å². The summed E-state index contributed by atoms with van der Waals surface area (Å²) in [7, 11) is 0. The van der Waals surface area contributed by atoms with Gasteiger partial charge in [0, 0.05) is 29.3 Å². The number of aromatic nitrogens is 2. The van der Waals surface area contributed by atoms with Gasteiger partial charge in [0.1, 0.15) is 0 Å². The van der Waals surface area contributed by atoms with Crippen LogP contribution < -0.4 is 0 Å². The molecular weight excluding hydrogens is 366 g/mol. The van der Waals surface area contributed by atoms with E-state index in [0.29, 0.717) is 17.3 Å². The van der Waals surface area contributed by atoms with Gasteiger partial charge in [-0.05, 0) is 43.0 Å². The second-order valence-corrected chi connectivity index (χ2v) is 7.49. The lowest BCUT2D eigenvalue weighted by molar-refractivity contribution is 0.0704. The van der Waals surface area contributed by atoms with Gasteiger partial charge in [-0.1, -0.05) is 35.8 Å². The van der Waals surface area contributed by atoms with Crippen molar-refractivity contribution in [2.45, 2.75) is 38.6 Å². The Bertz CT molecular complexity index is 946. The Morgan fingerprint density at radius 3 is 2.67 bits per heavy atom. The van der Waals surface area contributed by atoms with Gasteiger partial charge < -0.3 is 13.9 Å². The van der Waals surface area contributed by atoms with Crippen molar-refractivity contribution in [1.82, 2.24) is 15.2 Å². The number of hydrogen-bond donors (Lipinski definition) is 0. The van der Waals surface area contributed by atoms with Crippen LogP contribution >= 0.6 is 11.6 Å². The largest absolute Gasteiger partial charge is 0.359 e. The van der Waals surface area contributed by atoms with Crippen molar-refractivity contribution in [2.75, 3.05) is 6.54 Å². The molecule has 1 amide bonds. The first-order valence-electron chi connectivity index (χ1n) is 9.03. The molecule has 27 heavy (non-hydrogen) atoms. The Morgan fingerprint density at radius 2 is 1.96 bits per heavy atom. The van der Waals surface area contributed by atoms with Crippen molar-refractivity contribution in [2.24, 2.45) is 0 Å². The van der Waals surface area contributed by atoms with Crippen molar-refractivity contribution in [3.05, 3.63) is 58.6 Å². The standard InChI is InChI=1S/C20H20ClN3O3/c1-12(2)15-10-19(27-22-15)17-4-3-9-24(17)20(25)16-11-18(26-23-16)13-5-7-14(21)8-6-13/h5-8,10-12,17H,3-4,9H2,1-2H3/t17-/m1/s1. The number of rotatable bonds is 4. The Morgan fingerprint density at radius 1 is 1.19 bits per heavy atom. The van der Waals surface area contributed by atoms with E-state index >= 15 is 0 Å². The summed E-state index contributed by atoms with van der Waals surface area (Å²) >= 11 is 5.92. The topological polar surface area (TPSA) is 72.4 Å². The quantitative estimate of drug-likeness (QED) is 0.625. The molecular formula is C20H20ClN3O3. The summed E-state index contributed by atoms with van der Waals surface area (Å²) in [5.41, 5.74) is 2.01. The number of carbonyl (C=O) groups excluding carboxylic acids is 1. The third-order valence-corrected chi connectivity index (χ3v) is 5.09. The zero-order valence-corrected chi connectivity index (χ0v) is 15.9. The highest BCUT2D eigenvalue weighted by molar-refractivity contribution is 6.30. The fourth-order valence-electron chi connectivity index (χ4n) is 3.31. The molecule has 1 aliphatic heterocycles. The average molecular weight is 386 g/mol. The second-order valence-electron chi connectivity index (χ2n) is 7.05. The number of hydrogen-bond acceptors (Lipinski definition) is 5. The van der Waals surface area contributed by atoms with Crippen LogP contribution in [0.15, 0.2) is 45.4 Å². The average Bonchev–Trinajstić information content (AvgIpc) is 3.40. The molecule has 4 rings (SSSR count). The van der Waals surface area contributed by atoms with Gasteiger partial charge in [-0.15, -0.1) is 0 Å². The highest BCUT2D eigenvalue weighted by Gasteiger charge is 2.34. The van der Waals surface area contributed by atoms with Crippen LogP contribution in [0.3, 0.4) is 0 Å². The SMILES string of the molecule is CC(C)c1cc([C@H]2CCCN2C(=O)c2cc(-c3ccc(Cl)cc3)on2)on1. The summed E-state index contributed by atoms with van der Waals surface area (Å²) in [6, 6.07) is 10.7. The van der Waals surface area contributed by atoms with Gasteiger partial charge in [0.05, 0.1) is 11.7 Å². The summed E-state index contributed by atoms with van der Waals surface area (Å²) in [5.74, 6) is 1.38. The molecule has 1 aliphatic rings. The Balaban J connectivity index is 1.55. The summed E-state index contributed by atoms with van der Waals surface area (Å²) in [4.78, 5) is 14.8. The van der Waals surface area contributed by atoms with Crippen LogP contribution in [-0.4, -0.2) is 27.7 Å². The molecule has 140 valence electrons. The Hall–Kier alpha value is -2.60. The monoisotopic (exact) mass is 385 g/mol. The molecule has 0 spiro atoms. The van der Waals surface area contributed by atoms with Crippen LogP contribution in [0.2, 0.25) is 5.02 Å². The predicted octanol–water partition coefficient (Wildman–Crippen LogP) is 5.08. The maximum absolute atomic E-state index is 13.0. The minimum Gasteiger partial charge on any atom is -0.359 e. The van der Waals surface area contributed by atoms with Gasteiger partial charge in [0.25, 0.3) is 5.91 Å². The van der Waals surface area contributed by atoms with Crippen LogP contribution in [0.25, 0.3) is 11.3 Å². The van der Waals surface area contributed by atoms with Gasteiger partial charge in [-0.25, -0.2) is 0 Å². The minimum atomic E-state index is -0.163. The first-order chi connectivity index (χ1) is 13.0. The molecule has 0 bridgehead atoms. The maximum Gasteiger partial charge on any atom is 0.276 e. The lowest BCUT2D eigenvalue weighted by Crippen LogP contribution is -2.30. The van der Waals surface area contributed by atoms with Crippen LogP contribution in [0.1, 0.15) is 60.6 Å². The van der Waals surface area contributed by atoms with Crippen molar-refractivity contribution in [1.29, 1.82) is 0 Å². The van der Waals surface area contributed by atoms with E-state index in [9.17, 15) is 4.79 Å². The van der Waals surface area contributed by atoms with E-state index in [1.165, 1.54) is 0 Å². The Kier molecular flexibility index (Phi) is 4.74. The number of carbonyl (C=O) groups is 1.